The molecule has 0 bridgehead atoms. The van der Waals surface area contributed by atoms with Crippen LogP contribution in [0.5, 0.6) is 0 Å². The first-order chi connectivity index (χ1) is 12.8. The fourth-order valence-corrected chi connectivity index (χ4v) is 3.78. The number of aliphatic hydroxyl groups excluding tert-OH is 1. The van der Waals surface area contributed by atoms with E-state index in [0.717, 1.165) is 18.7 Å². The number of rotatable bonds is 5. The van der Waals surface area contributed by atoms with Gasteiger partial charge in [-0.2, -0.15) is 0 Å². The Balaban J connectivity index is 3.12. The third-order valence-corrected chi connectivity index (χ3v) is 4.73. The van der Waals surface area contributed by atoms with Crippen molar-refractivity contribution in [2.24, 2.45) is 0 Å². The van der Waals surface area contributed by atoms with Crippen molar-refractivity contribution in [3.63, 3.8) is 0 Å². The van der Waals surface area contributed by atoms with Crippen LogP contribution in [0.4, 0.5) is 4.79 Å². The van der Waals surface area contributed by atoms with Crippen LogP contribution >= 0.6 is 11.8 Å². The molecule has 0 radical (unpaired) electrons. The molecular weight excluding hydrogens is 394 g/mol. The number of esters is 3. The van der Waals surface area contributed by atoms with Crippen LogP contribution in [0, 0.1) is 0 Å². The van der Waals surface area contributed by atoms with Gasteiger partial charge in [0, 0.05) is 20.8 Å². The van der Waals surface area contributed by atoms with E-state index in [9.17, 15) is 24.3 Å². The van der Waals surface area contributed by atoms with Crippen LogP contribution in [0.15, 0.2) is 0 Å². The van der Waals surface area contributed by atoms with Gasteiger partial charge in [-0.25, -0.2) is 4.79 Å². The van der Waals surface area contributed by atoms with Gasteiger partial charge in [0.25, 0.3) is 0 Å². The number of hydrogen-bond donors (Lipinski definition) is 2. The molecule has 0 saturated carbocycles. The fraction of sp³-hybridized carbons (Fsp3) is 0.765. The highest BCUT2D eigenvalue weighted by atomic mass is 32.2. The predicted molar refractivity (Wildman–Crippen MR) is 98.3 cm³/mol. The maximum Gasteiger partial charge on any atom is 0.408 e. The molecule has 0 aromatic heterocycles. The van der Waals surface area contributed by atoms with Crippen molar-refractivity contribution in [2.45, 2.75) is 76.1 Å². The minimum atomic E-state index is -1.25. The van der Waals surface area contributed by atoms with Crippen LogP contribution in [-0.4, -0.2) is 70.3 Å². The van der Waals surface area contributed by atoms with Crippen molar-refractivity contribution in [1.82, 2.24) is 5.32 Å². The van der Waals surface area contributed by atoms with E-state index in [1.807, 2.05) is 0 Å². The van der Waals surface area contributed by atoms with E-state index in [0.29, 0.717) is 0 Å². The van der Waals surface area contributed by atoms with Gasteiger partial charge in [0.05, 0.1) is 5.25 Å². The largest absolute Gasteiger partial charge is 0.465 e. The Morgan fingerprint density at radius 2 is 1.50 bits per heavy atom. The molecule has 1 fully saturated rings. The Hall–Kier alpha value is -2.01. The van der Waals surface area contributed by atoms with E-state index in [1.165, 1.54) is 13.8 Å². The van der Waals surface area contributed by atoms with E-state index < -0.39 is 58.5 Å². The molecule has 1 amide bonds. The van der Waals surface area contributed by atoms with Gasteiger partial charge in [-0.05, 0) is 20.8 Å². The molecule has 0 aromatic rings. The Morgan fingerprint density at radius 3 is 1.96 bits per heavy atom. The molecule has 0 aliphatic carbocycles. The molecule has 28 heavy (non-hydrogen) atoms. The van der Waals surface area contributed by atoms with Gasteiger partial charge in [-0.15, -0.1) is 11.8 Å². The minimum absolute atomic E-state index is 0.189. The summed E-state index contributed by atoms with van der Waals surface area (Å²) >= 11 is 0.917. The zero-order valence-electron chi connectivity index (χ0n) is 16.7. The summed E-state index contributed by atoms with van der Waals surface area (Å²) in [5.74, 6) is -1.93. The molecule has 10 nitrogen and oxygen atoms in total. The quantitative estimate of drug-likeness (QED) is 0.483. The van der Waals surface area contributed by atoms with Gasteiger partial charge >= 0.3 is 24.0 Å². The lowest BCUT2D eigenvalue weighted by molar-refractivity contribution is -0.172. The number of thioether (sulfide) groups is 1. The third-order valence-electron chi connectivity index (χ3n) is 3.40. The molecule has 1 aliphatic heterocycles. The molecule has 5 atom stereocenters. The molecule has 0 aromatic carbocycles. The number of hydrogen-bond acceptors (Lipinski definition) is 10. The summed E-state index contributed by atoms with van der Waals surface area (Å²) in [5, 5.41) is 12.2. The van der Waals surface area contributed by atoms with Crippen molar-refractivity contribution in [1.29, 1.82) is 0 Å². The topological polar surface area (TPSA) is 137 Å². The van der Waals surface area contributed by atoms with Crippen LogP contribution in [-0.2, 0) is 33.3 Å². The van der Waals surface area contributed by atoms with Crippen LogP contribution in [0.3, 0.4) is 0 Å². The molecular formula is C17H27NO9S. The first-order valence-corrected chi connectivity index (χ1v) is 9.55. The van der Waals surface area contributed by atoms with Crippen molar-refractivity contribution in [2.75, 3.05) is 6.61 Å². The lowest BCUT2D eigenvalue weighted by Gasteiger charge is -2.43. The monoisotopic (exact) mass is 421 g/mol. The van der Waals surface area contributed by atoms with E-state index in [2.05, 4.69) is 5.32 Å². The summed E-state index contributed by atoms with van der Waals surface area (Å²) in [6.07, 6.45) is -3.13. The maximum absolute atomic E-state index is 12.2. The lowest BCUT2D eigenvalue weighted by atomic mass is 10.0. The highest BCUT2D eigenvalue weighted by molar-refractivity contribution is 8.00. The molecule has 1 rings (SSSR count). The number of alkyl carbamates (subject to hydrolysis) is 1. The average molecular weight is 421 g/mol. The second kappa shape index (κ2) is 9.97. The standard InChI is InChI=1S/C17H27NO9S/c1-8(19)24-7-11-13(25-9(2)20)14(26-10(3)21)12(15(22)28-11)18-16(23)27-17(4,5)6/h11-15,22H,7H2,1-6H3,(H,18,23). The number of aliphatic hydroxyl groups is 1. The minimum Gasteiger partial charge on any atom is -0.465 e. The number of ether oxygens (including phenoxy) is 4. The molecule has 1 heterocycles. The first-order valence-electron chi connectivity index (χ1n) is 8.61. The number of amides is 1. The summed E-state index contributed by atoms with van der Waals surface area (Å²) in [4.78, 5) is 46.5. The van der Waals surface area contributed by atoms with Gasteiger partial charge in [-0.3, -0.25) is 14.4 Å². The molecule has 1 saturated heterocycles. The zero-order chi connectivity index (χ0) is 21.6. The lowest BCUT2D eigenvalue weighted by Crippen LogP contribution is -2.63. The number of nitrogens with one attached hydrogen (secondary N) is 1. The molecule has 1 aliphatic rings. The van der Waals surface area contributed by atoms with Gasteiger partial charge in [0.1, 0.15) is 23.7 Å². The molecule has 0 spiro atoms. The zero-order valence-corrected chi connectivity index (χ0v) is 17.5. The number of carbonyl (C=O) groups is 4. The average Bonchev–Trinajstić information content (AvgIpc) is 2.49. The van der Waals surface area contributed by atoms with Gasteiger partial charge < -0.3 is 29.4 Å². The van der Waals surface area contributed by atoms with Crippen molar-refractivity contribution >= 4 is 35.8 Å². The van der Waals surface area contributed by atoms with Gasteiger partial charge in [0.2, 0.25) is 0 Å². The van der Waals surface area contributed by atoms with Crippen LogP contribution in [0.25, 0.3) is 0 Å². The molecule has 11 heteroatoms. The normalized spacial score (nSPS) is 27.3. The maximum atomic E-state index is 12.2. The molecule has 2 N–H and O–H groups in total. The van der Waals surface area contributed by atoms with Crippen molar-refractivity contribution < 1.29 is 43.2 Å². The van der Waals surface area contributed by atoms with Crippen LogP contribution in [0.1, 0.15) is 41.5 Å². The second-order valence-corrected chi connectivity index (χ2v) is 8.55. The Bertz CT molecular complexity index is 604. The van der Waals surface area contributed by atoms with E-state index in [1.54, 1.807) is 20.8 Å². The summed E-state index contributed by atoms with van der Waals surface area (Å²) < 4.78 is 20.7. The first kappa shape index (κ1) is 24.0. The van der Waals surface area contributed by atoms with Crippen molar-refractivity contribution in [3.8, 4) is 0 Å². The van der Waals surface area contributed by atoms with E-state index in [-0.39, 0.29) is 6.61 Å². The Labute approximate surface area is 167 Å². The van der Waals surface area contributed by atoms with E-state index >= 15 is 0 Å². The van der Waals surface area contributed by atoms with Crippen LogP contribution in [0.2, 0.25) is 0 Å². The third kappa shape index (κ3) is 7.93. The second-order valence-electron chi connectivity index (χ2n) is 7.19. The summed E-state index contributed by atoms with van der Waals surface area (Å²) in [6.45, 7) is 8.33. The Kier molecular flexibility index (Phi) is 8.55. The summed E-state index contributed by atoms with van der Waals surface area (Å²) in [5.41, 5.74) is -2.04. The molecule has 160 valence electrons. The fourth-order valence-electron chi connectivity index (χ4n) is 2.52. The smallest absolute Gasteiger partial charge is 0.408 e. The summed E-state index contributed by atoms with van der Waals surface area (Å²) in [7, 11) is 0. The predicted octanol–water partition coefficient (Wildman–Crippen LogP) is 0.740. The highest BCUT2D eigenvalue weighted by Gasteiger charge is 2.50. The van der Waals surface area contributed by atoms with Gasteiger partial charge in [0.15, 0.2) is 12.2 Å². The van der Waals surface area contributed by atoms with Gasteiger partial charge in [-0.1, -0.05) is 0 Å². The van der Waals surface area contributed by atoms with E-state index in [4.69, 9.17) is 18.9 Å². The Morgan fingerprint density at radius 1 is 0.964 bits per heavy atom. The SMILES string of the molecule is CC(=O)OCC1SC(O)C(NC(=O)OC(C)(C)C)C(OC(C)=O)C1OC(C)=O. The summed E-state index contributed by atoms with van der Waals surface area (Å²) in [6, 6.07) is -1.12. The highest BCUT2D eigenvalue weighted by Crippen LogP contribution is 2.35. The number of carbonyl (C=O) groups excluding carboxylic acids is 4. The molecule has 5 unspecified atom stereocenters. The van der Waals surface area contributed by atoms with Crippen LogP contribution < -0.4 is 5.32 Å². The van der Waals surface area contributed by atoms with Crippen molar-refractivity contribution in [3.05, 3.63) is 0 Å².